The van der Waals surface area contributed by atoms with Gasteiger partial charge >= 0.3 is 0 Å². The molecular formula is C13H23N3S. The molecule has 2 heterocycles. The summed E-state index contributed by atoms with van der Waals surface area (Å²) < 4.78 is 0. The van der Waals surface area contributed by atoms with Crippen molar-refractivity contribution >= 4 is 11.3 Å². The molecule has 1 fully saturated rings. The van der Waals surface area contributed by atoms with E-state index >= 15 is 0 Å². The van der Waals surface area contributed by atoms with Crippen molar-refractivity contribution < 1.29 is 0 Å². The molecule has 1 unspecified atom stereocenters. The lowest BCUT2D eigenvalue weighted by Crippen LogP contribution is -2.44. The molecule has 1 aliphatic rings. The summed E-state index contributed by atoms with van der Waals surface area (Å²) in [6.45, 7) is 10.1. The predicted molar refractivity (Wildman–Crippen MR) is 73.7 cm³/mol. The van der Waals surface area contributed by atoms with Crippen LogP contribution in [0, 0.1) is 0 Å². The summed E-state index contributed by atoms with van der Waals surface area (Å²) in [5.74, 6) is 0. The van der Waals surface area contributed by atoms with Gasteiger partial charge in [-0.2, -0.15) is 0 Å². The monoisotopic (exact) mass is 253 g/mol. The maximum atomic E-state index is 4.84. The van der Waals surface area contributed by atoms with Crippen LogP contribution in [0.1, 0.15) is 37.5 Å². The zero-order chi connectivity index (χ0) is 12.6. The third-order valence-corrected chi connectivity index (χ3v) is 4.37. The van der Waals surface area contributed by atoms with Crippen LogP contribution in [0.15, 0.2) is 5.38 Å². The first-order valence-corrected chi connectivity index (χ1v) is 7.10. The number of nitrogens with zero attached hydrogens (tertiary/aromatic N) is 3. The van der Waals surface area contributed by atoms with Crippen LogP contribution in [0.4, 0.5) is 0 Å². The van der Waals surface area contributed by atoms with E-state index in [1.807, 2.05) is 11.3 Å². The Hall–Kier alpha value is -0.450. The lowest BCUT2D eigenvalue weighted by atomic mass is 9.93. The van der Waals surface area contributed by atoms with E-state index in [0.29, 0.717) is 6.04 Å². The first-order valence-electron chi connectivity index (χ1n) is 6.22. The van der Waals surface area contributed by atoms with Gasteiger partial charge in [-0.15, -0.1) is 11.3 Å². The van der Waals surface area contributed by atoms with Gasteiger partial charge in [0, 0.05) is 30.4 Å². The quantitative estimate of drug-likeness (QED) is 0.766. The van der Waals surface area contributed by atoms with E-state index in [0.717, 1.165) is 19.6 Å². The first kappa shape index (κ1) is 13.0. The summed E-state index contributed by atoms with van der Waals surface area (Å²) in [6, 6.07) is 0.467. The molecule has 1 aromatic heterocycles. The third-order valence-electron chi connectivity index (χ3n) is 3.43. The van der Waals surface area contributed by atoms with Crippen LogP contribution in [0.25, 0.3) is 0 Å². The van der Waals surface area contributed by atoms with E-state index in [-0.39, 0.29) is 5.41 Å². The molecule has 0 aromatic carbocycles. The Morgan fingerprint density at radius 1 is 1.29 bits per heavy atom. The Morgan fingerprint density at radius 3 is 2.59 bits per heavy atom. The van der Waals surface area contributed by atoms with Crippen LogP contribution in [-0.2, 0) is 5.41 Å². The van der Waals surface area contributed by atoms with Crippen molar-refractivity contribution in [3.05, 3.63) is 16.1 Å². The van der Waals surface area contributed by atoms with Gasteiger partial charge in [0.05, 0.1) is 11.7 Å². The molecule has 3 nitrogen and oxygen atoms in total. The van der Waals surface area contributed by atoms with Gasteiger partial charge in [0.2, 0.25) is 0 Å². The second-order valence-corrected chi connectivity index (χ2v) is 6.97. The Labute approximate surface area is 108 Å². The molecule has 0 radical (unpaired) electrons. The number of likely N-dealkylation sites (N-methyl/N-ethyl adjacent to an activating group) is 2. The molecule has 0 bridgehead atoms. The minimum Gasteiger partial charge on any atom is -0.303 e. The topological polar surface area (TPSA) is 19.4 Å². The third kappa shape index (κ3) is 2.87. The highest BCUT2D eigenvalue weighted by atomic mass is 32.1. The van der Waals surface area contributed by atoms with E-state index in [1.54, 1.807) is 0 Å². The Balaban J connectivity index is 2.19. The van der Waals surface area contributed by atoms with Crippen LogP contribution in [0.5, 0.6) is 0 Å². The van der Waals surface area contributed by atoms with Crippen molar-refractivity contribution in [1.82, 2.24) is 14.8 Å². The molecule has 1 saturated heterocycles. The maximum absolute atomic E-state index is 4.84. The van der Waals surface area contributed by atoms with Gasteiger partial charge in [0.25, 0.3) is 0 Å². The molecule has 1 aromatic rings. The number of thiazole rings is 1. The summed E-state index contributed by atoms with van der Waals surface area (Å²) in [7, 11) is 4.40. The van der Waals surface area contributed by atoms with Crippen molar-refractivity contribution in [2.24, 2.45) is 0 Å². The van der Waals surface area contributed by atoms with Crippen LogP contribution in [0.3, 0.4) is 0 Å². The summed E-state index contributed by atoms with van der Waals surface area (Å²) in [5, 5.41) is 3.49. The summed E-state index contributed by atoms with van der Waals surface area (Å²) in [4.78, 5) is 9.65. The van der Waals surface area contributed by atoms with Crippen molar-refractivity contribution in [3.63, 3.8) is 0 Å². The number of aromatic nitrogens is 1. The molecule has 96 valence electrons. The molecular weight excluding hydrogens is 230 g/mol. The molecule has 1 aliphatic heterocycles. The van der Waals surface area contributed by atoms with Crippen LogP contribution in [0.2, 0.25) is 0 Å². The number of hydrogen-bond acceptors (Lipinski definition) is 4. The van der Waals surface area contributed by atoms with Crippen LogP contribution >= 0.6 is 11.3 Å². The molecule has 0 amide bonds. The zero-order valence-electron chi connectivity index (χ0n) is 11.5. The first-order chi connectivity index (χ1) is 7.88. The smallest absolute Gasteiger partial charge is 0.111 e. The van der Waals surface area contributed by atoms with Gasteiger partial charge in [-0.1, -0.05) is 20.8 Å². The Bertz CT molecular complexity index is 380. The van der Waals surface area contributed by atoms with E-state index < -0.39 is 0 Å². The summed E-state index contributed by atoms with van der Waals surface area (Å²) in [5.41, 5.74) is 1.38. The van der Waals surface area contributed by atoms with Gasteiger partial charge < -0.3 is 4.90 Å². The van der Waals surface area contributed by atoms with Gasteiger partial charge in [-0.3, -0.25) is 4.90 Å². The average molecular weight is 253 g/mol. The normalized spacial score (nSPS) is 24.2. The van der Waals surface area contributed by atoms with Crippen LogP contribution in [-0.4, -0.2) is 48.5 Å². The Kier molecular flexibility index (Phi) is 3.57. The standard InChI is InChI=1S/C13H23N3S/c1-13(2,3)11-9-17-12(14-11)10-8-15(4)6-7-16(10)5/h9-10H,6-8H2,1-5H3. The zero-order valence-corrected chi connectivity index (χ0v) is 12.3. The highest BCUT2D eigenvalue weighted by molar-refractivity contribution is 7.09. The number of hydrogen-bond donors (Lipinski definition) is 0. The Morgan fingerprint density at radius 2 is 2.00 bits per heavy atom. The number of rotatable bonds is 1. The molecule has 2 rings (SSSR count). The number of piperazine rings is 1. The molecule has 0 aliphatic carbocycles. The van der Waals surface area contributed by atoms with E-state index in [2.05, 4.69) is 50.0 Å². The van der Waals surface area contributed by atoms with E-state index in [1.165, 1.54) is 10.7 Å². The minimum atomic E-state index is 0.161. The largest absolute Gasteiger partial charge is 0.303 e. The molecule has 4 heteroatoms. The predicted octanol–water partition coefficient (Wildman–Crippen LogP) is 2.36. The van der Waals surface area contributed by atoms with Gasteiger partial charge in [-0.05, 0) is 14.1 Å². The fourth-order valence-corrected chi connectivity index (χ4v) is 3.26. The summed E-state index contributed by atoms with van der Waals surface area (Å²) >= 11 is 1.81. The molecule has 17 heavy (non-hydrogen) atoms. The molecule has 0 saturated carbocycles. The van der Waals surface area contributed by atoms with Gasteiger partial charge in [0.15, 0.2) is 0 Å². The van der Waals surface area contributed by atoms with Gasteiger partial charge in [0.1, 0.15) is 5.01 Å². The highest BCUT2D eigenvalue weighted by Gasteiger charge is 2.27. The van der Waals surface area contributed by atoms with Gasteiger partial charge in [-0.25, -0.2) is 4.98 Å². The van der Waals surface area contributed by atoms with Crippen molar-refractivity contribution in [2.45, 2.75) is 32.2 Å². The van der Waals surface area contributed by atoms with Crippen molar-refractivity contribution in [3.8, 4) is 0 Å². The van der Waals surface area contributed by atoms with E-state index in [9.17, 15) is 0 Å². The second-order valence-electron chi connectivity index (χ2n) is 6.08. The maximum Gasteiger partial charge on any atom is 0.111 e. The van der Waals surface area contributed by atoms with Crippen molar-refractivity contribution in [1.29, 1.82) is 0 Å². The molecule has 0 N–H and O–H groups in total. The second kappa shape index (κ2) is 4.67. The fraction of sp³-hybridized carbons (Fsp3) is 0.769. The highest BCUT2D eigenvalue weighted by Crippen LogP contribution is 2.30. The molecule has 1 atom stereocenters. The fourth-order valence-electron chi connectivity index (χ4n) is 2.06. The average Bonchev–Trinajstić information content (AvgIpc) is 2.70. The van der Waals surface area contributed by atoms with Crippen LogP contribution < -0.4 is 0 Å². The van der Waals surface area contributed by atoms with Crippen molar-refractivity contribution in [2.75, 3.05) is 33.7 Å². The SMILES string of the molecule is CN1CCN(C)C(c2nc(C(C)(C)C)cs2)C1. The lowest BCUT2D eigenvalue weighted by molar-refractivity contribution is 0.114. The minimum absolute atomic E-state index is 0.161. The lowest BCUT2D eigenvalue weighted by Gasteiger charge is -2.36. The molecule has 0 spiro atoms. The summed E-state index contributed by atoms with van der Waals surface area (Å²) in [6.07, 6.45) is 0. The van der Waals surface area contributed by atoms with E-state index in [4.69, 9.17) is 4.98 Å².